The zero-order chi connectivity index (χ0) is 10.3. The normalized spacial score (nSPS) is 10.7. The fraction of sp³-hybridized carbons (Fsp3) is 0.111. The molecular weight excluding hydrogens is 246 g/mol. The number of nitrogens with zero attached hydrogens (tertiary/aromatic N) is 1. The molecule has 0 spiro atoms. The summed E-state index contributed by atoms with van der Waals surface area (Å²) in [6, 6.07) is 1.74. The van der Waals surface area contributed by atoms with Gasteiger partial charge < -0.3 is 10.7 Å². The van der Waals surface area contributed by atoms with E-state index in [0.717, 1.165) is 10.0 Å². The molecule has 4 nitrogen and oxygen atoms in total. The van der Waals surface area contributed by atoms with Crippen LogP contribution in [-0.4, -0.2) is 9.97 Å². The summed E-state index contributed by atoms with van der Waals surface area (Å²) in [5.74, 6) is 0. The van der Waals surface area contributed by atoms with E-state index in [0.29, 0.717) is 16.6 Å². The maximum Gasteiger partial charge on any atom is 0.258 e. The lowest BCUT2D eigenvalue weighted by Crippen LogP contribution is -2.09. The first-order chi connectivity index (χ1) is 6.61. The Labute approximate surface area is 88.3 Å². The molecule has 0 aliphatic heterocycles. The summed E-state index contributed by atoms with van der Waals surface area (Å²) >= 11 is 3.31. The summed E-state index contributed by atoms with van der Waals surface area (Å²) in [7, 11) is 0. The van der Waals surface area contributed by atoms with Gasteiger partial charge in [0.2, 0.25) is 0 Å². The highest BCUT2D eigenvalue weighted by molar-refractivity contribution is 9.10. The number of hydrogen-bond donors (Lipinski definition) is 2. The van der Waals surface area contributed by atoms with Gasteiger partial charge in [-0.05, 0) is 34.5 Å². The van der Waals surface area contributed by atoms with Gasteiger partial charge in [0.1, 0.15) is 0 Å². The second-order valence-electron chi connectivity index (χ2n) is 3.02. The third-order valence-electron chi connectivity index (χ3n) is 2.18. The zero-order valence-corrected chi connectivity index (χ0v) is 9.05. The highest BCUT2D eigenvalue weighted by Crippen LogP contribution is 2.27. The summed E-state index contributed by atoms with van der Waals surface area (Å²) in [6.45, 7) is 1.80. The van der Waals surface area contributed by atoms with Gasteiger partial charge in [0.05, 0.1) is 17.2 Å². The molecule has 0 aliphatic rings. The first kappa shape index (κ1) is 9.21. The number of aromatic nitrogens is 2. The number of benzene rings is 1. The fourth-order valence-corrected chi connectivity index (χ4v) is 1.91. The van der Waals surface area contributed by atoms with Gasteiger partial charge in [0.15, 0.2) is 0 Å². The lowest BCUT2D eigenvalue weighted by molar-refractivity contribution is 1.16. The van der Waals surface area contributed by atoms with Gasteiger partial charge >= 0.3 is 0 Å². The molecule has 0 unspecified atom stereocenters. The van der Waals surface area contributed by atoms with Crippen LogP contribution in [0, 0.1) is 6.92 Å². The van der Waals surface area contributed by atoms with Crippen molar-refractivity contribution in [2.75, 3.05) is 5.73 Å². The average Bonchev–Trinajstić information content (AvgIpc) is 2.14. The molecule has 72 valence electrons. The van der Waals surface area contributed by atoms with E-state index in [4.69, 9.17) is 5.73 Å². The van der Waals surface area contributed by atoms with Crippen LogP contribution < -0.4 is 11.3 Å². The smallest absolute Gasteiger partial charge is 0.258 e. The van der Waals surface area contributed by atoms with Crippen LogP contribution in [0.4, 0.5) is 5.69 Å². The van der Waals surface area contributed by atoms with E-state index in [1.54, 1.807) is 13.0 Å². The van der Waals surface area contributed by atoms with Gasteiger partial charge in [0.25, 0.3) is 5.56 Å². The van der Waals surface area contributed by atoms with Gasteiger partial charge in [-0.3, -0.25) is 4.79 Å². The molecule has 5 heteroatoms. The maximum absolute atomic E-state index is 11.5. The van der Waals surface area contributed by atoms with Crippen molar-refractivity contribution in [3.05, 3.63) is 32.8 Å². The molecule has 3 N–H and O–H groups in total. The summed E-state index contributed by atoms with van der Waals surface area (Å²) in [5, 5.41) is 0.549. The van der Waals surface area contributed by atoms with Crippen molar-refractivity contribution in [3.8, 4) is 0 Å². The highest BCUT2D eigenvalue weighted by Gasteiger charge is 2.08. The summed E-state index contributed by atoms with van der Waals surface area (Å²) < 4.78 is 0.764. The molecule has 0 radical (unpaired) electrons. The van der Waals surface area contributed by atoms with E-state index >= 15 is 0 Å². The van der Waals surface area contributed by atoms with Crippen molar-refractivity contribution < 1.29 is 0 Å². The predicted octanol–water partition coefficient (Wildman–Crippen LogP) is 1.58. The molecular formula is C9H8BrN3O. The number of rotatable bonds is 0. The van der Waals surface area contributed by atoms with E-state index in [1.807, 2.05) is 0 Å². The largest absolute Gasteiger partial charge is 0.398 e. The van der Waals surface area contributed by atoms with E-state index in [2.05, 4.69) is 25.9 Å². The average molecular weight is 254 g/mol. The predicted molar refractivity (Wildman–Crippen MR) is 59.2 cm³/mol. The Bertz CT molecular complexity index is 562. The van der Waals surface area contributed by atoms with Gasteiger partial charge in [-0.2, -0.15) is 0 Å². The van der Waals surface area contributed by atoms with Crippen molar-refractivity contribution in [2.45, 2.75) is 6.92 Å². The molecule has 1 aromatic carbocycles. The van der Waals surface area contributed by atoms with Gasteiger partial charge in [-0.25, -0.2) is 4.98 Å². The minimum Gasteiger partial charge on any atom is -0.398 e. The Balaban J connectivity index is 3.07. The Morgan fingerprint density at radius 3 is 3.00 bits per heavy atom. The first-order valence-electron chi connectivity index (χ1n) is 4.03. The van der Waals surface area contributed by atoms with Crippen molar-refractivity contribution in [3.63, 3.8) is 0 Å². The van der Waals surface area contributed by atoms with Crippen molar-refractivity contribution >= 4 is 32.5 Å². The summed E-state index contributed by atoms with van der Waals surface area (Å²) in [6.07, 6.45) is 1.38. The lowest BCUT2D eigenvalue weighted by atomic mass is 10.1. The van der Waals surface area contributed by atoms with Crippen LogP contribution in [0.5, 0.6) is 0 Å². The first-order valence-corrected chi connectivity index (χ1v) is 4.82. The number of nitrogens with one attached hydrogen (secondary N) is 1. The number of nitrogen functional groups attached to an aromatic ring is 1. The maximum atomic E-state index is 11.5. The highest BCUT2D eigenvalue weighted by atomic mass is 79.9. The monoisotopic (exact) mass is 253 g/mol. The zero-order valence-electron chi connectivity index (χ0n) is 7.47. The SMILES string of the molecule is Cc1c(N)c(Br)cc2nc[nH]c(=O)c12. The number of H-pyrrole nitrogens is 1. The number of hydrogen-bond acceptors (Lipinski definition) is 3. The quantitative estimate of drug-likeness (QED) is 0.701. The molecule has 0 bridgehead atoms. The molecule has 1 heterocycles. The van der Waals surface area contributed by atoms with E-state index < -0.39 is 0 Å². The Morgan fingerprint density at radius 2 is 2.29 bits per heavy atom. The van der Waals surface area contributed by atoms with Crippen LogP contribution in [0.1, 0.15) is 5.56 Å². The Kier molecular flexibility index (Phi) is 2.03. The van der Waals surface area contributed by atoms with Crippen molar-refractivity contribution in [1.29, 1.82) is 0 Å². The molecule has 0 fully saturated rings. The number of nitrogens with two attached hydrogens (primary N) is 1. The molecule has 0 saturated heterocycles. The number of anilines is 1. The molecule has 0 amide bonds. The molecule has 0 saturated carbocycles. The topological polar surface area (TPSA) is 71.8 Å². The fourth-order valence-electron chi connectivity index (χ4n) is 1.40. The van der Waals surface area contributed by atoms with Crippen LogP contribution in [0.2, 0.25) is 0 Å². The van der Waals surface area contributed by atoms with Crippen LogP contribution in [-0.2, 0) is 0 Å². The molecule has 1 aromatic heterocycles. The van der Waals surface area contributed by atoms with Crippen LogP contribution in [0.25, 0.3) is 10.9 Å². The third kappa shape index (κ3) is 1.21. The van der Waals surface area contributed by atoms with Crippen LogP contribution in [0.15, 0.2) is 21.7 Å². The van der Waals surface area contributed by atoms with E-state index in [-0.39, 0.29) is 5.56 Å². The number of aromatic amines is 1. The molecule has 0 aliphatic carbocycles. The lowest BCUT2D eigenvalue weighted by Gasteiger charge is -2.05. The molecule has 2 rings (SSSR count). The third-order valence-corrected chi connectivity index (χ3v) is 2.84. The van der Waals surface area contributed by atoms with Gasteiger partial charge in [0, 0.05) is 10.2 Å². The summed E-state index contributed by atoms with van der Waals surface area (Å²) in [4.78, 5) is 18.1. The summed E-state index contributed by atoms with van der Waals surface area (Å²) in [5.41, 5.74) is 7.61. The van der Waals surface area contributed by atoms with E-state index in [1.165, 1.54) is 6.33 Å². The minimum absolute atomic E-state index is 0.160. The second kappa shape index (κ2) is 3.09. The van der Waals surface area contributed by atoms with Gasteiger partial charge in [-0.1, -0.05) is 0 Å². The molecule has 14 heavy (non-hydrogen) atoms. The number of halogens is 1. The molecule has 2 aromatic rings. The Morgan fingerprint density at radius 1 is 1.57 bits per heavy atom. The van der Waals surface area contributed by atoms with Crippen LogP contribution >= 0.6 is 15.9 Å². The minimum atomic E-state index is -0.160. The van der Waals surface area contributed by atoms with Crippen molar-refractivity contribution in [1.82, 2.24) is 9.97 Å². The number of aryl methyl sites for hydroxylation is 1. The standard InChI is InChI=1S/C9H8BrN3O/c1-4-7-6(2-5(10)8(4)11)12-3-13-9(7)14/h2-3H,11H2,1H3,(H,12,13,14). The molecule has 0 atom stereocenters. The van der Waals surface area contributed by atoms with E-state index in [9.17, 15) is 4.79 Å². The van der Waals surface area contributed by atoms with Crippen molar-refractivity contribution in [2.24, 2.45) is 0 Å². The van der Waals surface area contributed by atoms with Gasteiger partial charge in [-0.15, -0.1) is 0 Å². The Hall–Kier alpha value is -1.36. The van der Waals surface area contributed by atoms with Crippen LogP contribution in [0.3, 0.4) is 0 Å². The second-order valence-corrected chi connectivity index (χ2v) is 3.88. The number of fused-ring (bicyclic) bond motifs is 1.